The van der Waals surface area contributed by atoms with Crippen LogP contribution < -0.4 is 5.32 Å². The highest BCUT2D eigenvalue weighted by molar-refractivity contribution is 9.10. The largest absolute Gasteiger partial charge is 0.475 e. The molecule has 1 atom stereocenters. The van der Waals surface area contributed by atoms with Crippen molar-refractivity contribution >= 4 is 27.6 Å². The lowest BCUT2D eigenvalue weighted by Gasteiger charge is -2.15. The number of carboxylic acids is 1. The van der Waals surface area contributed by atoms with Gasteiger partial charge in [-0.2, -0.15) is 0 Å². The first-order chi connectivity index (χ1) is 8.99. The molecule has 0 saturated heterocycles. The molecule has 1 heterocycles. The van der Waals surface area contributed by atoms with Gasteiger partial charge in [0.05, 0.1) is 6.04 Å². The molecule has 1 aromatic carbocycles. The average molecular weight is 324 g/mol. The fourth-order valence-corrected chi connectivity index (χ4v) is 2.14. The van der Waals surface area contributed by atoms with E-state index in [1.54, 1.807) is 6.07 Å². The third kappa shape index (κ3) is 2.98. The summed E-state index contributed by atoms with van der Waals surface area (Å²) in [5.74, 6) is -0.520. The summed E-state index contributed by atoms with van der Waals surface area (Å²) in [5, 5.41) is 12.1. The number of hydrogen-bond donors (Lipinski definition) is 2. The Kier molecular flexibility index (Phi) is 3.95. The number of aromatic carboxylic acids is 1. The maximum atomic E-state index is 10.8. The fourth-order valence-electron chi connectivity index (χ4n) is 1.76. The smallest absolute Gasteiger partial charge is 0.371 e. The lowest BCUT2D eigenvalue weighted by atomic mass is 10.2. The quantitative estimate of drug-likeness (QED) is 0.884. The van der Waals surface area contributed by atoms with Crippen LogP contribution in [0.25, 0.3) is 0 Å². The molecule has 19 heavy (non-hydrogen) atoms. The number of rotatable bonds is 4. The minimum atomic E-state index is -1.06. The van der Waals surface area contributed by atoms with Crippen LogP contribution >= 0.6 is 15.9 Å². The molecule has 1 unspecified atom stereocenters. The number of carbonyl (C=O) groups is 1. The van der Waals surface area contributed by atoms with Crippen LogP contribution in [-0.2, 0) is 0 Å². The molecule has 0 bridgehead atoms. The predicted molar refractivity (Wildman–Crippen MR) is 76.6 cm³/mol. The average Bonchev–Trinajstić information content (AvgIpc) is 2.84. The molecule has 0 aliphatic heterocycles. The zero-order valence-electron chi connectivity index (χ0n) is 10.6. The molecule has 0 saturated carbocycles. The molecule has 0 amide bonds. The van der Waals surface area contributed by atoms with Gasteiger partial charge in [0.25, 0.3) is 0 Å². The monoisotopic (exact) mass is 323 g/mol. The zero-order valence-corrected chi connectivity index (χ0v) is 12.2. The molecule has 1 aromatic heterocycles. The predicted octanol–water partition coefficient (Wildman–Crippen LogP) is 4.22. The molecule has 0 radical (unpaired) electrons. The highest BCUT2D eigenvalue weighted by Crippen LogP contribution is 2.29. The third-order valence-electron chi connectivity index (χ3n) is 2.83. The lowest BCUT2D eigenvalue weighted by molar-refractivity contribution is 0.0660. The Morgan fingerprint density at radius 1 is 1.37 bits per heavy atom. The molecule has 0 aliphatic carbocycles. The van der Waals surface area contributed by atoms with Crippen molar-refractivity contribution in [3.05, 3.63) is 51.9 Å². The van der Waals surface area contributed by atoms with Gasteiger partial charge in [0, 0.05) is 10.2 Å². The maximum Gasteiger partial charge on any atom is 0.371 e. The molecule has 0 aliphatic rings. The molecule has 2 N–H and O–H groups in total. The van der Waals surface area contributed by atoms with E-state index < -0.39 is 5.97 Å². The first-order valence-corrected chi connectivity index (χ1v) is 6.63. The highest BCUT2D eigenvalue weighted by Gasteiger charge is 2.15. The normalized spacial score (nSPS) is 12.2. The lowest BCUT2D eigenvalue weighted by Crippen LogP contribution is -2.06. The maximum absolute atomic E-state index is 10.8. The summed E-state index contributed by atoms with van der Waals surface area (Å²) in [6, 6.07) is 8.93. The van der Waals surface area contributed by atoms with E-state index in [9.17, 15) is 4.79 Å². The summed E-state index contributed by atoms with van der Waals surface area (Å²) in [4.78, 5) is 10.8. The number of carboxylic acid groups (broad SMARTS) is 1. The third-order valence-corrected chi connectivity index (χ3v) is 3.88. The van der Waals surface area contributed by atoms with Gasteiger partial charge in [-0.3, -0.25) is 0 Å². The van der Waals surface area contributed by atoms with Gasteiger partial charge in [0.1, 0.15) is 5.76 Å². The second-order valence-electron chi connectivity index (χ2n) is 4.31. The number of hydrogen-bond acceptors (Lipinski definition) is 3. The standard InChI is InChI=1S/C14H14BrNO3/c1-8-4-3-5-10(13(8)15)16-9(2)11-6-7-12(19-11)14(17)18/h3-7,9,16H,1-2H3,(H,17,18). The number of nitrogens with one attached hydrogen (secondary N) is 1. The summed E-state index contributed by atoms with van der Waals surface area (Å²) in [5.41, 5.74) is 2.07. The molecule has 100 valence electrons. The van der Waals surface area contributed by atoms with Gasteiger partial charge < -0.3 is 14.8 Å². The topological polar surface area (TPSA) is 62.5 Å². The van der Waals surface area contributed by atoms with Crippen LogP contribution in [0.1, 0.15) is 34.8 Å². The van der Waals surface area contributed by atoms with Gasteiger partial charge >= 0.3 is 5.97 Å². The SMILES string of the molecule is Cc1cccc(NC(C)c2ccc(C(=O)O)o2)c1Br. The van der Waals surface area contributed by atoms with Gasteiger partial charge in [0.15, 0.2) is 0 Å². The van der Waals surface area contributed by atoms with Crippen molar-refractivity contribution in [1.82, 2.24) is 0 Å². The van der Waals surface area contributed by atoms with E-state index in [0.717, 1.165) is 15.7 Å². The number of halogens is 1. The van der Waals surface area contributed by atoms with E-state index >= 15 is 0 Å². The second kappa shape index (κ2) is 5.48. The molecular weight excluding hydrogens is 310 g/mol. The minimum absolute atomic E-state index is 0.0491. The van der Waals surface area contributed by atoms with E-state index in [-0.39, 0.29) is 11.8 Å². The number of furan rings is 1. The summed E-state index contributed by atoms with van der Waals surface area (Å²) in [7, 11) is 0. The van der Waals surface area contributed by atoms with E-state index in [1.165, 1.54) is 6.07 Å². The van der Waals surface area contributed by atoms with Crippen LogP contribution in [0, 0.1) is 6.92 Å². The van der Waals surface area contributed by atoms with Crippen molar-refractivity contribution in [2.24, 2.45) is 0 Å². The first kappa shape index (κ1) is 13.7. The van der Waals surface area contributed by atoms with E-state index in [1.807, 2.05) is 32.0 Å². The van der Waals surface area contributed by atoms with Crippen LogP contribution in [0.2, 0.25) is 0 Å². The van der Waals surface area contributed by atoms with Crippen molar-refractivity contribution in [3.63, 3.8) is 0 Å². The Morgan fingerprint density at radius 2 is 2.11 bits per heavy atom. The Hall–Kier alpha value is -1.75. The van der Waals surface area contributed by atoms with Crippen LogP contribution in [0.15, 0.2) is 39.2 Å². The molecule has 2 rings (SSSR count). The van der Waals surface area contributed by atoms with Gasteiger partial charge in [-0.25, -0.2) is 4.79 Å². The highest BCUT2D eigenvalue weighted by atomic mass is 79.9. The molecule has 0 spiro atoms. The molecular formula is C14H14BrNO3. The summed E-state index contributed by atoms with van der Waals surface area (Å²) >= 11 is 3.52. The van der Waals surface area contributed by atoms with Crippen LogP contribution in [0.3, 0.4) is 0 Å². The van der Waals surface area contributed by atoms with Crippen LogP contribution in [0.5, 0.6) is 0 Å². The molecule has 4 nitrogen and oxygen atoms in total. The number of benzene rings is 1. The first-order valence-electron chi connectivity index (χ1n) is 5.83. The van der Waals surface area contributed by atoms with Crippen LogP contribution in [0.4, 0.5) is 5.69 Å². The van der Waals surface area contributed by atoms with Crippen molar-refractivity contribution in [3.8, 4) is 0 Å². The number of anilines is 1. The summed E-state index contributed by atoms with van der Waals surface area (Å²) in [6.07, 6.45) is 0. The fraction of sp³-hybridized carbons (Fsp3) is 0.214. The van der Waals surface area contributed by atoms with Crippen molar-refractivity contribution < 1.29 is 14.3 Å². The minimum Gasteiger partial charge on any atom is -0.475 e. The summed E-state index contributed by atoms with van der Waals surface area (Å²) < 4.78 is 6.26. The van der Waals surface area contributed by atoms with Gasteiger partial charge in [-0.05, 0) is 53.5 Å². The second-order valence-corrected chi connectivity index (χ2v) is 5.10. The zero-order chi connectivity index (χ0) is 14.0. The Morgan fingerprint density at radius 3 is 2.74 bits per heavy atom. The van der Waals surface area contributed by atoms with Gasteiger partial charge in [0.2, 0.25) is 5.76 Å². The van der Waals surface area contributed by atoms with E-state index in [4.69, 9.17) is 9.52 Å². The Labute approximate surface area is 119 Å². The molecule has 0 fully saturated rings. The van der Waals surface area contributed by atoms with Crippen molar-refractivity contribution in [1.29, 1.82) is 0 Å². The Balaban J connectivity index is 2.18. The van der Waals surface area contributed by atoms with E-state index in [0.29, 0.717) is 5.76 Å². The molecule has 2 aromatic rings. The molecule has 5 heteroatoms. The summed E-state index contributed by atoms with van der Waals surface area (Å²) in [6.45, 7) is 3.93. The van der Waals surface area contributed by atoms with Gasteiger partial charge in [-0.1, -0.05) is 12.1 Å². The number of aryl methyl sites for hydroxylation is 1. The van der Waals surface area contributed by atoms with Crippen molar-refractivity contribution in [2.45, 2.75) is 19.9 Å². The van der Waals surface area contributed by atoms with Crippen molar-refractivity contribution in [2.75, 3.05) is 5.32 Å². The van der Waals surface area contributed by atoms with Gasteiger partial charge in [-0.15, -0.1) is 0 Å². The van der Waals surface area contributed by atoms with E-state index in [2.05, 4.69) is 21.2 Å². The Bertz CT molecular complexity index is 606. The van der Waals surface area contributed by atoms with Crippen LogP contribution in [-0.4, -0.2) is 11.1 Å².